The van der Waals surface area contributed by atoms with Crippen molar-refractivity contribution >= 4 is 5.82 Å². The fourth-order valence-corrected chi connectivity index (χ4v) is 2.26. The van der Waals surface area contributed by atoms with E-state index in [1.165, 1.54) is 11.1 Å². The van der Waals surface area contributed by atoms with Crippen LogP contribution in [0.1, 0.15) is 44.0 Å². The minimum absolute atomic E-state index is 0.908. The van der Waals surface area contributed by atoms with E-state index in [4.69, 9.17) is 4.98 Å². The van der Waals surface area contributed by atoms with Gasteiger partial charge in [0.2, 0.25) is 0 Å². The maximum atomic E-state index is 4.76. The lowest BCUT2D eigenvalue weighted by Crippen LogP contribution is -2.27. The Morgan fingerprint density at radius 1 is 1.22 bits per heavy atom. The number of rotatable bonds is 7. The first-order chi connectivity index (χ1) is 8.63. The molecule has 3 nitrogen and oxygen atoms in total. The maximum absolute atomic E-state index is 4.76. The van der Waals surface area contributed by atoms with Crippen molar-refractivity contribution in [2.75, 3.05) is 24.5 Å². The van der Waals surface area contributed by atoms with Crippen molar-refractivity contribution in [1.29, 1.82) is 0 Å². The molecule has 0 amide bonds. The van der Waals surface area contributed by atoms with Gasteiger partial charge in [-0.1, -0.05) is 13.8 Å². The Balaban J connectivity index is 3.12. The highest BCUT2D eigenvalue weighted by atomic mass is 15.2. The van der Waals surface area contributed by atoms with E-state index in [1.54, 1.807) is 0 Å². The molecule has 1 N–H and O–H groups in total. The zero-order valence-electron chi connectivity index (χ0n) is 12.5. The fourth-order valence-electron chi connectivity index (χ4n) is 2.26. The Labute approximate surface area is 112 Å². The van der Waals surface area contributed by atoms with E-state index in [9.17, 15) is 0 Å². The molecule has 18 heavy (non-hydrogen) atoms. The van der Waals surface area contributed by atoms with Gasteiger partial charge in [0.15, 0.2) is 0 Å². The molecule has 0 aromatic carbocycles. The topological polar surface area (TPSA) is 28.2 Å². The molecule has 0 radical (unpaired) electrons. The number of aryl methyl sites for hydroxylation is 2. The van der Waals surface area contributed by atoms with Crippen LogP contribution >= 0.6 is 0 Å². The van der Waals surface area contributed by atoms with Crippen molar-refractivity contribution in [1.82, 2.24) is 10.3 Å². The van der Waals surface area contributed by atoms with Gasteiger partial charge in [-0.05, 0) is 45.4 Å². The Bertz CT molecular complexity index is 374. The van der Waals surface area contributed by atoms with Crippen molar-refractivity contribution < 1.29 is 0 Å². The lowest BCUT2D eigenvalue weighted by molar-refractivity contribution is 0.705. The van der Waals surface area contributed by atoms with Gasteiger partial charge in [0.25, 0.3) is 0 Å². The SMILES string of the molecule is CCCN(CC)c1nc(C)cc(C)c1CNCC. The van der Waals surface area contributed by atoms with Crippen LogP contribution in [-0.4, -0.2) is 24.6 Å². The molecule has 1 aromatic heterocycles. The van der Waals surface area contributed by atoms with Gasteiger partial charge >= 0.3 is 0 Å². The Morgan fingerprint density at radius 3 is 2.50 bits per heavy atom. The molecule has 1 rings (SSSR count). The summed E-state index contributed by atoms with van der Waals surface area (Å²) in [5.74, 6) is 1.16. The summed E-state index contributed by atoms with van der Waals surface area (Å²) in [7, 11) is 0. The monoisotopic (exact) mass is 249 g/mol. The van der Waals surface area contributed by atoms with E-state index in [2.05, 4.69) is 50.9 Å². The Kier molecular flexibility index (Phi) is 6.13. The van der Waals surface area contributed by atoms with E-state index in [0.29, 0.717) is 0 Å². The first kappa shape index (κ1) is 15.0. The molecular weight excluding hydrogens is 222 g/mol. The zero-order valence-corrected chi connectivity index (χ0v) is 12.5. The highest BCUT2D eigenvalue weighted by Gasteiger charge is 2.13. The van der Waals surface area contributed by atoms with Crippen molar-refractivity contribution in [2.45, 2.75) is 47.6 Å². The fraction of sp³-hybridized carbons (Fsp3) is 0.667. The van der Waals surface area contributed by atoms with Crippen molar-refractivity contribution in [3.63, 3.8) is 0 Å². The predicted molar refractivity (Wildman–Crippen MR) is 79.3 cm³/mol. The van der Waals surface area contributed by atoms with Gasteiger partial charge in [-0.3, -0.25) is 0 Å². The normalized spacial score (nSPS) is 10.7. The lowest BCUT2D eigenvalue weighted by Gasteiger charge is -2.25. The second kappa shape index (κ2) is 7.37. The second-order valence-electron chi connectivity index (χ2n) is 4.74. The number of pyridine rings is 1. The van der Waals surface area contributed by atoms with Gasteiger partial charge in [0.1, 0.15) is 5.82 Å². The molecule has 102 valence electrons. The summed E-state index contributed by atoms with van der Waals surface area (Å²) in [5, 5.41) is 3.42. The van der Waals surface area contributed by atoms with Gasteiger partial charge < -0.3 is 10.2 Å². The van der Waals surface area contributed by atoms with E-state index < -0.39 is 0 Å². The van der Waals surface area contributed by atoms with Crippen LogP contribution in [0.2, 0.25) is 0 Å². The molecule has 1 heterocycles. The second-order valence-corrected chi connectivity index (χ2v) is 4.74. The van der Waals surface area contributed by atoms with Crippen molar-refractivity contribution in [3.05, 3.63) is 22.9 Å². The summed E-state index contributed by atoms with van der Waals surface area (Å²) in [6, 6.07) is 2.18. The maximum Gasteiger partial charge on any atom is 0.133 e. The third kappa shape index (κ3) is 3.70. The molecule has 0 bridgehead atoms. The highest BCUT2D eigenvalue weighted by molar-refractivity contribution is 5.51. The quantitative estimate of drug-likeness (QED) is 0.805. The summed E-state index contributed by atoms with van der Waals surface area (Å²) >= 11 is 0. The molecule has 0 aliphatic carbocycles. The van der Waals surface area contributed by atoms with Gasteiger partial charge in [-0.2, -0.15) is 0 Å². The number of nitrogens with one attached hydrogen (secondary N) is 1. The number of nitrogens with zero attached hydrogens (tertiary/aromatic N) is 2. The van der Waals surface area contributed by atoms with E-state index >= 15 is 0 Å². The molecule has 0 aliphatic rings. The largest absolute Gasteiger partial charge is 0.357 e. The molecular formula is C15H27N3. The molecule has 0 unspecified atom stereocenters. The molecule has 3 heteroatoms. The van der Waals surface area contributed by atoms with Crippen molar-refractivity contribution in [3.8, 4) is 0 Å². The molecule has 0 saturated heterocycles. The molecule has 0 aliphatic heterocycles. The predicted octanol–water partition coefficient (Wildman–Crippen LogP) is 3.04. The Hall–Kier alpha value is -1.09. The molecule has 0 atom stereocenters. The number of hydrogen-bond acceptors (Lipinski definition) is 3. The number of anilines is 1. The third-order valence-corrected chi connectivity index (χ3v) is 3.18. The van der Waals surface area contributed by atoms with E-state index in [-0.39, 0.29) is 0 Å². The van der Waals surface area contributed by atoms with Crippen LogP contribution in [0, 0.1) is 13.8 Å². The molecule has 1 aromatic rings. The summed E-state index contributed by atoms with van der Waals surface area (Å²) in [5.41, 5.74) is 3.79. The van der Waals surface area contributed by atoms with Crippen molar-refractivity contribution in [2.24, 2.45) is 0 Å². The van der Waals surface area contributed by atoms with Crippen LogP contribution < -0.4 is 10.2 Å². The van der Waals surface area contributed by atoms with Gasteiger partial charge in [0, 0.05) is 30.9 Å². The van der Waals surface area contributed by atoms with Crippen LogP contribution in [0.5, 0.6) is 0 Å². The summed E-state index contributed by atoms with van der Waals surface area (Å²) in [6.45, 7) is 14.8. The average Bonchev–Trinajstić information content (AvgIpc) is 2.34. The lowest BCUT2D eigenvalue weighted by atomic mass is 10.1. The van der Waals surface area contributed by atoms with E-state index in [1.807, 2.05) is 0 Å². The summed E-state index contributed by atoms with van der Waals surface area (Å²) in [6.07, 6.45) is 1.16. The summed E-state index contributed by atoms with van der Waals surface area (Å²) < 4.78 is 0. The Morgan fingerprint density at radius 2 is 1.94 bits per heavy atom. The van der Waals surface area contributed by atoms with Gasteiger partial charge in [-0.25, -0.2) is 4.98 Å². The standard InChI is InChI=1S/C15H27N3/c1-6-9-18(8-3)15-14(11-16-7-2)12(4)10-13(5)17-15/h10,16H,6-9,11H2,1-5H3. The van der Waals surface area contributed by atoms with Crippen LogP contribution in [0.25, 0.3) is 0 Å². The van der Waals surface area contributed by atoms with Crippen LogP contribution in [0.3, 0.4) is 0 Å². The molecule has 0 spiro atoms. The summed E-state index contributed by atoms with van der Waals surface area (Å²) in [4.78, 5) is 7.14. The zero-order chi connectivity index (χ0) is 13.5. The minimum Gasteiger partial charge on any atom is -0.357 e. The third-order valence-electron chi connectivity index (χ3n) is 3.18. The average molecular weight is 249 g/mol. The smallest absolute Gasteiger partial charge is 0.133 e. The first-order valence-electron chi connectivity index (χ1n) is 7.06. The molecule has 0 fully saturated rings. The van der Waals surface area contributed by atoms with Crippen LogP contribution in [-0.2, 0) is 6.54 Å². The highest BCUT2D eigenvalue weighted by Crippen LogP contribution is 2.22. The first-order valence-corrected chi connectivity index (χ1v) is 7.06. The van der Waals surface area contributed by atoms with E-state index in [0.717, 1.165) is 44.1 Å². The minimum atomic E-state index is 0.908. The van der Waals surface area contributed by atoms with Crippen LogP contribution in [0.15, 0.2) is 6.07 Å². The number of hydrogen-bond donors (Lipinski definition) is 1. The molecule has 0 saturated carbocycles. The van der Waals surface area contributed by atoms with Gasteiger partial charge in [-0.15, -0.1) is 0 Å². The van der Waals surface area contributed by atoms with Crippen LogP contribution in [0.4, 0.5) is 5.82 Å². The van der Waals surface area contributed by atoms with Gasteiger partial charge in [0.05, 0.1) is 0 Å². The number of aromatic nitrogens is 1.